The van der Waals surface area contributed by atoms with Crippen LogP contribution in [0.3, 0.4) is 0 Å². The summed E-state index contributed by atoms with van der Waals surface area (Å²) >= 11 is 0. The number of nitrogens with zero attached hydrogens (tertiary/aromatic N) is 1. The molecule has 0 bridgehead atoms. The van der Waals surface area contributed by atoms with E-state index in [1.165, 1.54) is 16.7 Å². The number of hydrogen-bond donors (Lipinski definition) is 4. The van der Waals surface area contributed by atoms with Crippen LogP contribution in [0.2, 0.25) is 0 Å². The highest BCUT2D eigenvalue weighted by Gasteiger charge is 2.30. The summed E-state index contributed by atoms with van der Waals surface area (Å²) in [4.78, 5) is 21.6. The smallest absolute Gasteiger partial charge is 0.373 e. The Morgan fingerprint density at radius 3 is 2.44 bits per heavy atom. The lowest BCUT2D eigenvalue weighted by atomic mass is 10.1. The maximum Gasteiger partial charge on any atom is 0.373 e. The Labute approximate surface area is 103 Å². The fourth-order valence-electron chi connectivity index (χ4n) is 1.60. The van der Waals surface area contributed by atoms with E-state index in [0.29, 0.717) is 0 Å². The summed E-state index contributed by atoms with van der Waals surface area (Å²) in [5.41, 5.74) is 0.283. The molecular weight excluding hydrogens is 242 g/mol. The van der Waals surface area contributed by atoms with Crippen molar-refractivity contribution >= 4 is 11.9 Å². The lowest BCUT2D eigenvalue weighted by molar-refractivity contribution is -0.720. The van der Waals surface area contributed by atoms with Crippen molar-refractivity contribution in [1.82, 2.24) is 0 Å². The topological polar surface area (TPSA) is 119 Å². The molecule has 0 aromatic carbocycles. The third-order valence-electron chi connectivity index (χ3n) is 2.46. The van der Waals surface area contributed by atoms with Crippen molar-refractivity contribution in [3.63, 3.8) is 0 Å². The molecule has 1 heterocycles. The molecule has 7 heteroatoms. The first-order valence-corrected chi connectivity index (χ1v) is 5.24. The van der Waals surface area contributed by atoms with Gasteiger partial charge in [0.05, 0.1) is 6.42 Å². The number of aromatic hydroxyl groups is 1. The number of carboxylic acid groups (broad SMARTS) is 2. The first-order chi connectivity index (χ1) is 8.45. The van der Waals surface area contributed by atoms with E-state index in [4.69, 9.17) is 15.3 Å². The van der Waals surface area contributed by atoms with Crippen molar-refractivity contribution in [1.29, 1.82) is 0 Å². The lowest BCUT2D eigenvalue weighted by Gasteiger charge is -2.09. The van der Waals surface area contributed by atoms with Crippen molar-refractivity contribution in [3.8, 4) is 5.75 Å². The van der Waals surface area contributed by atoms with Crippen molar-refractivity contribution in [3.05, 3.63) is 24.0 Å². The van der Waals surface area contributed by atoms with Crippen LogP contribution in [-0.4, -0.2) is 32.4 Å². The van der Waals surface area contributed by atoms with E-state index in [0.717, 1.165) is 6.20 Å². The molecule has 1 aromatic rings. The largest absolute Gasteiger partial charge is 0.503 e. The molecule has 0 aliphatic rings. The van der Waals surface area contributed by atoms with Gasteiger partial charge in [-0.1, -0.05) is 0 Å². The van der Waals surface area contributed by atoms with Gasteiger partial charge >= 0.3 is 11.9 Å². The molecule has 0 saturated heterocycles. The van der Waals surface area contributed by atoms with E-state index in [2.05, 4.69) is 0 Å². The Morgan fingerprint density at radius 2 is 1.94 bits per heavy atom. The second-order valence-corrected chi connectivity index (χ2v) is 3.73. The Morgan fingerprint density at radius 1 is 1.28 bits per heavy atom. The second kappa shape index (κ2) is 5.97. The Bertz CT molecular complexity index is 459. The highest BCUT2D eigenvalue weighted by atomic mass is 16.4. The van der Waals surface area contributed by atoms with Gasteiger partial charge in [-0.3, -0.25) is 4.79 Å². The number of carboxylic acids is 2. The molecular formula is C11H14NO6+. The number of aliphatic hydroxyl groups excluding tert-OH is 1. The molecule has 0 fully saturated rings. The third kappa shape index (κ3) is 3.42. The van der Waals surface area contributed by atoms with E-state index >= 15 is 0 Å². The third-order valence-corrected chi connectivity index (χ3v) is 2.46. The van der Waals surface area contributed by atoms with Gasteiger partial charge in [0.1, 0.15) is 6.61 Å². The van der Waals surface area contributed by atoms with Gasteiger partial charge in [0.2, 0.25) is 11.9 Å². The molecule has 0 amide bonds. The number of pyridine rings is 1. The molecule has 1 atom stereocenters. The van der Waals surface area contributed by atoms with E-state index in [9.17, 15) is 14.7 Å². The summed E-state index contributed by atoms with van der Waals surface area (Å²) in [6.45, 7) is -0.406. The van der Waals surface area contributed by atoms with Crippen LogP contribution in [0, 0.1) is 0 Å². The van der Waals surface area contributed by atoms with Crippen LogP contribution in [0.15, 0.2) is 18.3 Å². The highest BCUT2D eigenvalue weighted by Crippen LogP contribution is 2.12. The van der Waals surface area contributed by atoms with Gasteiger partial charge in [-0.15, -0.1) is 0 Å². The minimum atomic E-state index is -1.22. The molecule has 4 N–H and O–H groups in total. The highest BCUT2D eigenvalue weighted by molar-refractivity contribution is 5.72. The van der Waals surface area contributed by atoms with E-state index in [-0.39, 0.29) is 24.3 Å². The Balaban J connectivity index is 3.08. The number of rotatable bonds is 6. The van der Waals surface area contributed by atoms with E-state index in [1.807, 2.05) is 0 Å². The molecule has 7 nitrogen and oxygen atoms in total. The molecule has 1 rings (SSSR count). The fraction of sp³-hybridized carbons (Fsp3) is 0.364. The lowest BCUT2D eigenvalue weighted by Crippen LogP contribution is -2.47. The first kappa shape index (κ1) is 13.9. The normalized spacial score (nSPS) is 12.1. The van der Waals surface area contributed by atoms with Crippen LogP contribution in [0.4, 0.5) is 0 Å². The summed E-state index contributed by atoms with van der Waals surface area (Å²) in [5.74, 6) is -2.48. The summed E-state index contributed by atoms with van der Waals surface area (Å²) in [5, 5.41) is 36.1. The summed E-state index contributed by atoms with van der Waals surface area (Å²) < 4.78 is 1.17. The predicted molar refractivity (Wildman–Crippen MR) is 57.8 cm³/mol. The second-order valence-electron chi connectivity index (χ2n) is 3.73. The standard InChI is InChI=1S/C11H13NO6/c13-6-7-1-2-8(14)5-12(7)9(11(17)18)3-4-10(15)16/h1-2,5,9,13H,3-4,6H2,(H2-,14,15,16,17,18)/p+1. The maximum atomic E-state index is 11.1. The van der Waals surface area contributed by atoms with Crippen LogP contribution < -0.4 is 4.57 Å². The number of aromatic nitrogens is 1. The number of aliphatic hydroxyl groups is 1. The van der Waals surface area contributed by atoms with Gasteiger partial charge in [0.25, 0.3) is 6.04 Å². The van der Waals surface area contributed by atoms with Crippen LogP contribution in [0.25, 0.3) is 0 Å². The van der Waals surface area contributed by atoms with Gasteiger partial charge in [-0.25, -0.2) is 4.79 Å². The summed E-state index contributed by atoms with van der Waals surface area (Å²) in [6.07, 6.45) is 0.711. The van der Waals surface area contributed by atoms with Gasteiger partial charge in [0.15, 0.2) is 5.75 Å². The average molecular weight is 256 g/mol. The quantitative estimate of drug-likeness (QED) is 0.517. The minimum Gasteiger partial charge on any atom is -0.503 e. The molecule has 1 aromatic heterocycles. The average Bonchev–Trinajstić information content (AvgIpc) is 2.28. The van der Waals surface area contributed by atoms with Gasteiger partial charge in [-0.05, 0) is 6.07 Å². The monoisotopic (exact) mass is 256 g/mol. The SMILES string of the molecule is O=C(O)CCC(C(=O)O)[n+]1cc(O)ccc1CO. The van der Waals surface area contributed by atoms with Crippen LogP contribution in [-0.2, 0) is 16.2 Å². The van der Waals surface area contributed by atoms with Crippen molar-refractivity contribution in [2.45, 2.75) is 25.5 Å². The Hall–Kier alpha value is -2.15. The number of aliphatic carboxylic acids is 2. The van der Waals surface area contributed by atoms with Crippen LogP contribution in [0.1, 0.15) is 24.6 Å². The molecule has 98 valence electrons. The fourth-order valence-corrected chi connectivity index (χ4v) is 1.60. The number of carbonyl (C=O) groups is 2. The van der Waals surface area contributed by atoms with Crippen molar-refractivity contribution in [2.24, 2.45) is 0 Å². The summed E-state index contributed by atoms with van der Waals surface area (Å²) in [6, 6.07) is 1.56. The summed E-state index contributed by atoms with van der Waals surface area (Å²) in [7, 11) is 0. The maximum absolute atomic E-state index is 11.1. The van der Waals surface area contributed by atoms with Crippen molar-refractivity contribution in [2.75, 3.05) is 0 Å². The first-order valence-electron chi connectivity index (χ1n) is 5.24. The zero-order valence-corrected chi connectivity index (χ0v) is 9.48. The molecule has 0 aliphatic carbocycles. The zero-order chi connectivity index (χ0) is 13.7. The van der Waals surface area contributed by atoms with E-state index in [1.54, 1.807) is 0 Å². The molecule has 1 unspecified atom stereocenters. The molecule has 0 radical (unpaired) electrons. The molecule has 0 spiro atoms. The molecule has 18 heavy (non-hydrogen) atoms. The van der Waals surface area contributed by atoms with Crippen LogP contribution in [0.5, 0.6) is 5.75 Å². The van der Waals surface area contributed by atoms with E-state index < -0.39 is 24.6 Å². The van der Waals surface area contributed by atoms with Gasteiger partial charge < -0.3 is 20.4 Å². The molecule has 0 saturated carbocycles. The van der Waals surface area contributed by atoms with Crippen LogP contribution >= 0.6 is 0 Å². The van der Waals surface area contributed by atoms with Crippen molar-refractivity contribution < 1.29 is 34.6 Å². The minimum absolute atomic E-state index is 0.133. The van der Waals surface area contributed by atoms with Gasteiger partial charge in [-0.2, -0.15) is 4.57 Å². The zero-order valence-electron chi connectivity index (χ0n) is 9.48. The predicted octanol–water partition coefficient (Wildman–Crippen LogP) is -0.338. The molecule has 0 aliphatic heterocycles. The number of hydrogen-bond acceptors (Lipinski definition) is 4. The van der Waals surface area contributed by atoms with Gasteiger partial charge in [0, 0.05) is 12.5 Å². The Kier molecular flexibility index (Phi) is 4.61.